The molecule has 0 N–H and O–H groups in total. The number of carbonyl (C=O) groups excluding carboxylic acids is 1. The lowest BCUT2D eigenvalue weighted by Gasteiger charge is -1.97. The van der Waals surface area contributed by atoms with Crippen molar-refractivity contribution in [2.24, 2.45) is 0 Å². The highest BCUT2D eigenvalue weighted by atomic mass is 16.5. The minimum Gasteiger partial charge on any atom is -0.458 e. The van der Waals surface area contributed by atoms with E-state index in [1.54, 1.807) is 6.08 Å². The summed E-state index contributed by atoms with van der Waals surface area (Å²) in [7, 11) is 0. The Labute approximate surface area is 48.1 Å². The van der Waals surface area contributed by atoms with Gasteiger partial charge in [0.15, 0.2) is 0 Å². The molecule has 0 amide bonds. The Morgan fingerprint density at radius 3 is 2.88 bits per heavy atom. The molecule has 0 radical (unpaired) electrons. The number of hydrogen-bond donors (Lipinski definition) is 0. The number of carbonyl (C=O) groups is 1. The molecule has 44 valence electrons. The van der Waals surface area contributed by atoms with Crippen molar-refractivity contribution in [1.29, 1.82) is 0 Å². The standard InChI is InChI=1S/C6H8O2/c1-2-5-3-4-6(7)8-5/h2,5H,1,3-4H2/t5-/m1/s1. The van der Waals surface area contributed by atoms with Gasteiger partial charge in [0, 0.05) is 6.42 Å². The van der Waals surface area contributed by atoms with Gasteiger partial charge in [-0.25, -0.2) is 0 Å². The van der Waals surface area contributed by atoms with E-state index in [4.69, 9.17) is 4.74 Å². The van der Waals surface area contributed by atoms with E-state index in [0.29, 0.717) is 6.42 Å². The van der Waals surface area contributed by atoms with Crippen LogP contribution in [0.5, 0.6) is 0 Å². The van der Waals surface area contributed by atoms with Gasteiger partial charge in [-0.05, 0) is 6.42 Å². The van der Waals surface area contributed by atoms with Gasteiger partial charge in [-0.2, -0.15) is 0 Å². The maximum Gasteiger partial charge on any atom is 0.306 e. The Balaban J connectivity index is 2.43. The largest absolute Gasteiger partial charge is 0.458 e. The number of cyclic esters (lactones) is 1. The van der Waals surface area contributed by atoms with E-state index >= 15 is 0 Å². The average Bonchev–Trinajstić information content (AvgIpc) is 2.14. The predicted octanol–water partition coefficient (Wildman–Crippen LogP) is 0.878. The lowest BCUT2D eigenvalue weighted by Crippen LogP contribution is -2.00. The summed E-state index contributed by atoms with van der Waals surface area (Å²) in [6, 6.07) is 0. The lowest BCUT2D eigenvalue weighted by molar-refractivity contribution is -0.139. The van der Waals surface area contributed by atoms with Crippen molar-refractivity contribution in [2.45, 2.75) is 18.9 Å². The Bertz CT molecular complexity index is 118. The van der Waals surface area contributed by atoms with Crippen LogP contribution in [-0.4, -0.2) is 12.1 Å². The van der Waals surface area contributed by atoms with Crippen LogP contribution < -0.4 is 0 Å². The third kappa shape index (κ3) is 0.886. The molecule has 0 unspecified atom stereocenters. The van der Waals surface area contributed by atoms with Crippen LogP contribution in [0.25, 0.3) is 0 Å². The first-order valence-electron chi connectivity index (χ1n) is 2.65. The summed E-state index contributed by atoms with van der Waals surface area (Å²) >= 11 is 0. The normalized spacial score (nSPS) is 27.5. The molecule has 1 saturated heterocycles. The molecule has 0 spiro atoms. The van der Waals surface area contributed by atoms with Gasteiger partial charge in [-0.3, -0.25) is 4.79 Å². The minimum absolute atomic E-state index is 0.0116. The summed E-state index contributed by atoms with van der Waals surface area (Å²) in [5.74, 6) is -0.102. The SMILES string of the molecule is C=C[C@@H]1CCC(=O)O1. The molecule has 1 aliphatic heterocycles. The topological polar surface area (TPSA) is 26.3 Å². The highest BCUT2D eigenvalue weighted by Crippen LogP contribution is 2.13. The Morgan fingerprint density at radius 1 is 1.88 bits per heavy atom. The number of hydrogen-bond acceptors (Lipinski definition) is 2. The van der Waals surface area contributed by atoms with Gasteiger partial charge in [0.1, 0.15) is 6.10 Å². The van der Waals surface area contributed by atoms with Crippen molar-refractivity contribution in [1.82, 2.24) is 0 Å². The summed E-state index contributed by atoms with van der Waals surface area (Å²) in [6.45, 7) is 3.50. The smallest absolute Gasteiger partial charge is 0.306 e. The summed E-state index contributed by atoms with van der Waals surface area (Å²) < 4.78 is 4.75. The maximum absolute atomic E-state index is 10.3. The summed E-state index contributed by atoms with van der Waals surface area (Å²) in [5, 5.41) is 0. The summed E-state index contributed by atoms with van der Waals surface area (Å²) in [4.78, 5) is 10.3. The van der Waals surface area contributed by atoms with Crippen LogP contribution in [0.1, 0.15) is 12.8 Å². The fraction of sp³-hybridized carbons (Fsp3) is 0.500. The van der Waals surface area contributed by atoms with E-state index in [2.05, 4.69) is 6.58 Å². The Morgan fingerprint density at radius 2 is 2.62 bits per heavy atom. The lowest BCUT2D eigenvalue weighted by atomic mass is 10.2. The van der Waals surface area contributed by atoms with Gasteiger partial charge in [0.05, 0.1) is 0 Å². The third-order valence-electron chi connectivity index (χ3n) is 1.18. The van der Waals surface area contributed by atoms with Crippen LogP contribution in [0.2, 0.25) is 0 Å². The van der Waals surface area contributed by atoms with E-state index in [9.17, 15) is 4.79 Å². The Kier molecular flexibility index (Phi) is 1.33. The van der Waals surface area contributed by atoms with Crippen LogP contribution in [0, 0.1) is 0 Å². The molecule has 2 heteroatoms. The zero-order valence-electron chi connectivity index (χ0n) is 4.59. The van der Waals surface area contributed by atoms with Crippen molar-refractivity contribution in [2.75, 3.05) is 0 Å². The van der Waals surface area contributed by atoms with Crippen molar-refractivity contribution in [3.05, 3.63) is 12.7 Å². The molecule has 0 saturated carbocycles. The average molecular weight is 112 g/mol. The van der Waals surface area contributed by atoms with Crippen molar-refractivity contribution < 1.29 is 9.53 Å². The molecule has 0 aliphatic carbocycles. The van der Waals surface area contributed by atoms with Gasteiger partial charge in [-0.1, -0.05) is 12.7 Å². The molecule has 0 aromatic heterocycles. The second kappa shape index (κ2) is 1.99. The third-order valence-corrected chi connectivity index (χ3v) is 1.18. The van der Waals surface area contributed by atoms with E-state index in [-0.39, 0.29) is 12.1 Å². The second-order valence-electron chi connectivity index (χ2n) is 1.80. The summed E-state index contributed by atoms with van der Waals surface area (Å²) in [5.41, 5.74) is 0. The van der Waals surface area contributed by atoms with E-state index in [1.807, 2.05) is 0 Å². The van der Waals surface area contributed by atoms with Gasteiger partial charge in [0.25, 0.3) is 0 Å². The first-order valence-corrected chi connectivity index (χ1v) is 2.65. The van der Waals surface area contributed by atoms with Crippen molar-refractivity contribution in [3.8, 4) is 0 Å². The van der Waals surface area contributed by atoms with Crippen LogP contribution in [-0.2, 0) is 9.53 Å². The summed E-state index contributed by atoms with van der Waals surface area (Å²) in [6.07, 6.45) is 3.01. The molecular formula is C6H8O2. The molecule has 0 bridgehead atoms. The van der Waals surface area contributed by atoms with E-state index < -0.39 is 0 Å². The predicted molar refractivity (Wildman–Crippen MR) is 29.3 cm³/mol. The first kappa shape index (κ1) is 5.35. The quantitative estimate of drug-likeness (QED) is 0.371. The second-order valence-corrected chi connectivity index (χ2v) is 1.80. The van der Waals surface area contributed by atoms with E-state index in [1.165, 1.54) is 0 Å². The molecule has 1 heterocycles. The van der Waals surface area contributed by atoms with Crippen LogP contribution in [0.3, 0.4) is 0 Å². The van der Waals surface area contributed by atoms with Gasteiger partial charge in [0.2, 0.25) is 0 Å². The van der Waals surface area contributed by atoms with Gasteiger partial charge >= 0.3 is 5.97 Å². The zero-order valence-corrected chi connectivity index (χ0v) is 4.59. The Hall–Kier alpha value is -0.790. The van der Waals surface area contributed by atoms with Crippen molar-refractivity contribution in [3.63, 3.8) is 0 Å². The molecule has 1 atom stereocenters. The van der Waals surface area contributed by atoms with Gasteiger partial charge < -0.3 is 4.74 Å². The van der Waals surface area contributed by atoms with Crippen LogP contribution >= 0.6 is 0 Å². The molecule has 0 aromatic rings. The molecule has 1 aliphatic rings. The van der Waals surface area contributed by atoms with E-state index in [0.717, 1.165) is 6.42 Å². The fourth-order valence-corrected chi connectivity index (χ4v) is 0.713. The monoisotopic (exact) mass is 112 g/mol. The van der Waals surface area contributed by atoms with Crippen molar-refractivity contribution >= 4 is 5.97 Å². The molecule has 1 rings (SSSR count). The van der Waals surface area contributed by atoms with Crippen LogP contribution in [0.4, 0.5) is 0 Å². The molecular weight excluding hydrogens is 104 g/mol. The van der Waals surface area contributed by atoms with Crippen LogP contribution in [0.15, 0.2) is 12.7 Å². The fourth-order valence-electron chi connectivity index (χ4n) is 0.713. The molecule has 1 fully saturated rings. The molecule has 8 heavy (non-hydrogen) atoms. The number of ether oxygens (including phenoxy) is 1. The number of esters is 1. The first-order chi connectivity index (χ1) is 3.83. The number of rotatable bonds is 1. The molecule has 0 aromatic carbocycles. The van der Waals surface area contributed by atoms with Gasteiger partial charge in [-0.15, -0.1) is 0 Å². The highest BCUT2D eigenvalue weighted by Gasteiger charge is 2.19. The minimum atomic E-state index is -0.102. The zero-order chi connectivity index (χ0) is 5.98. The highest BCUT2D eigenvalue weighted by molar-refractivity contribution is 5.71. The maximum atomic E-state index is 10.3. The molecule has 2 nitrogen and oxygen atoms in total.